The number of hydrogen-bond acceptors (Lipinski definition) is 2. The number of carboxylic acids is 1. The smallest absolute Gasteiger partial charge is 0.344 e. The van der Waals surface area contributed by atoms with Crippen LogP contribution in [0.3, 0.4) is 0 Å². The molecule has 0 radical (unpaired) electrons. The molecule has 0 aliphatic carbocycles. The van der Waals surface area contributed by atoms with Crippen molar-refractivity contribution < 1.29 is 28.2 Å². The number of carbonyl (C=O) groups is 1. The molecule has 0 bridgehead atoms. The fourth-order valence-corrected chi connectivity index (χ4v) is 0.362. The Morgan fingerprint density at radius 1 is 1.55 bits per heavy atom. The Balaban J connectivity index is 4.75. The van der Waals surface area contributed by atoms with Crippen molar-refractivity contribution in [3.63, 3.8) is 0 Å². The van der Waals surface area contributed by atoms with Crippen LogP contribution in [0.15, 0.2) is 0 Å². The van der Waals surface area contributed by atoms with Gasteiger partial charge in [0.2, 0.25) is 0 Å². The number of aliphatic hydroxyl groups is 1. The van der Waals surface area contributed by atoms with Gasteiger partial charge in [0.05, 0.1) is 0 Å². The van der Waals surface area contributed by atoms with E-state index >= 15 is 0 Å². The van der Waals surface area contributed by atoms with Crippen LogP contribution in [-0.4, -0.2) is 34.4 Å². The zero-order chi connectivity index (χ0) is 9.28. The maximum absolute atomic E-state index is 12.2. The van der Waals surface area contributed by atoms with Gasteiger partial charge in [0, 0.05) is 6.92 Å². The number of halogens is 3. The van der Waals surface area contributed by atoms with E-state index in [1.54, 1.807) is 0 Å². The van der Waals surface area contributed by atoms with Gasteiger partial charge in [0.25, 0.3) is 11.5 Å². The normalized spacial score (nSPS) is 17.5. The highest BCUT2D eigenvalue weighted by Gasteiger charge is 2.55. The maximum Gasteiger partial charge on any atom is 0.344 e. The predicted molar refractivity (Wildman–Crippen MR) is 29.2 cm³/mol. The van der Waals surface area contributed by atoms with Crippen LogP contribution in [0.4, 0.5) is 13.2 Å². The van der Waals surface area contributed by atoms with Gasteiger partial charge < -0.3 is 10.2 Å². The molecule has 11 heavy (non-hydrogen) atoms. The summed E-state index contributed by atoms with van der Waals surface area (Å²) in [5.41, 5.74) is -3.60. The van der Waals surface area contributed by atoms with E-state index < -0.39 is 24.2 Å². The number of hydrogen-bond donors (Lipinski definition) is 2. The molecule has 0 unspecified atom stereocenters. The van der Waals surface area contributed by atoms with Crippen molar-refractivity contribution in [2.24, 2.45) is 0 Å². The molecule has 1 atom stereocenters. The molecule has 0 spiro atoms. The molecule has 0 aliphatic heterocycles. The highest BCUT2D eigenvalue weighted by atomic mass is 19.3. The third-order valence-electron chi connectivity index (χ3n) is 1.27. The lowest BCUT2D eigenvalue weighted by Gasteiger charge is -2.25. The summed E-state index contributed by atoms with van der Waals surface area (Å²) in [6, 6.07) is 0. The number of rotatable bonds is 3. The molecule has 0 aromatic rings. The standard InChI is InChI=1S/C5H7F3O3/c1-4(7,8)5(11,2-6)3(9)10/h11H,2H2,1H3,(H,9,10)/t5-/m1/s1. The molecule has 0 amide bonds. The maximum atomic E-state index is 12.2. The van der Waals surface area contributed by atoms with Crippen molar-refractivity contribution in [1.29, 1.82) is 0 Å². The Kier molecular flexibility index (Phi) is 2.50. The number of aliphatic carboxylic acids is 1. The summed E-state index contributed by atoms with van der Waals surface area (Å²) in [6.45, 7) is -1.88. The van der Waals surface area contributed by atoms with E-state index in [1.807, 2.05) is 0 Å². The second-order valence-electron chi connectivity index (χ2n) is 2.19. The number of carboxylic acid groups (broad SMARTS) is 1. The van der Waals surface area contributed by atoms with Gasteiger partial charge in [-0.2, -0.15) is 0 Å². The van der Waals surface area contributed by atoms with Gasteiger partial charge in [-0.05, 0) is 0 Å². The van der Waals surface area contributed by atoms with Crippen LogP contribution >= 0.6 is 0 Å². The zero-order valence-corrected chi connectivity index (χ0v) is 5.64. The van der Waals surface area contributed by atoms with Crippen molar-refractivity contribution in [3.8, 4) is 0 Å². The first-order valence-electron chi connectivity index (χ1n) is 2.65. The second kappa shape index (κ2) is 2.69. The van der Waals surface area contributed by atoms with E-state index in [-0.39, 0.29) is 6.92 Å². The zero-order valence-electron chi connectivity index (χ0n) is 5.64. The van der Waals surface area contributed by atoms with Crippen LogP contribution in [0.1, 0.15) is 6.92 Å². The Hall–Kier alpha value is -0.780. The molecular formula is C5H7F3O3. The Labute approximate surface area is 60.4 Å². The number of alkyl halides is 3. The van der Waals surface area contributed by atoms with Crippen molar-refractivity contribution >= 4 is 5.97 Å². The first-order chi connectivity index (χ1) is 4.75. The molecular weight excluding hydrogens is 165 g/mol. The van der Waals surface area contributed by atoms with Gasteiger partial charge in [-0.3, -0.25) is 0 Å². The molecule has 2 N–H and O–H groups in total. The quantitative estimate of drug-likeness (QED) is 0.648. The van der Waals surface area contributed by atoms with Crippen molar-refractivity contribution in [1.82, 2.24) is 0 Å². The van der Waals surface area contributed by atoms with E-state index in [0.717, 1.165) is 0 Å². The highest BCUT2D eigenvalue weighted by Crippen LogP contribution is 2.28. The van der Waals surface area contributed by atoms with Gasteiger partial charge in [-0.1, -0.05) is 0 Å². The van der Waals surface area contributed by atoms with Crippen molar-refractivity contribution in [2.45, 2.75) is 18.4 Å². The minimum absolute atomic E-state index is 0.140. The van der Waals surface area contributed by atoms with Crippen molar-refractivity contribution in [2.75, 3.05) is 6.67 Å². The summed E-state index contributed by atoms with van der Waals surface area (Å²) < 4.78 is 36.0. The summed E-state index contributed by atoms with van der Waals surface area (Å²) in [4.78, 5) is 9.93. The SMILES string of the molecule is CC(F)(F)[C@@](O)(CF)C(=O)O. The topological polar surface area (TPSA) is 57.5 Å². The Bertz CT molecular complexity index is 165. The summed E-state index contributed by atoms with van der Waals surface area (Å²) >= 11 is 0. The summed E-state index contributed by atoms with van der Waals surface area (Å²) in [5, 5.41) is 16.5. The van der Waals surface area contributed by atoms with Crippen LogP contribution in [0.2, 0.25) is 0 Å². The average Bonchev–Trinajstić information content (AvgIpc) is 1.83. The lowest BCUT2D eigenvalue weighted by atomic mass is 9.99. The monoisotopic (exact) mass is 172 g/mol. The van der Waals surface area contributed by atoms with Gasteiger partial charge in [-0.15, -0.1) is 0 Å². The van der Waals surface area contributed by atoms with Gasteiger partial charge in [-0.25, -0.2) is 18.0 Å². The van der Waals surface area contributed by atoms with E-state index in [1.165, 1.54) is 0 Å². The fraction of sp³-hybridized carbons (Fsp3) is 0.800. The summed E-state index contributed by atoms with van der Waals surface area (Å²) in [5.74, 6) is -6.26. The third-order valence-corrected chi connectivity index (χ3v) is 1.27. The van der Waals surface area contributed by atoms with E-state index in [2.05, 4.69) is 0 Å². The largest absolute Gasteiger partial charge is 0.479 e. The Morgan fingerprint density at radius 3 is 1.91 bits per heavy atom. The minimum Gasteiger partial charge on any atom is -0.479 e. The van der Waals surface area contributed by atoms with Crippen LogP contribution in [0.5, 0.6) is 0 Å². The molecule has 0 fully saturated rings. The average molecular weight is 172 g/mol. The van der Waals surface area contributed by atoms with Crippen LogP contribution < -0.4 is 0 Å². The molecule has 0 aliphatic rings. The lowest BCUT2D eigenvalue weighted by Crippen LogP contribution is -2.54. The fourth-order valence-electron chi connectivity index (χ4n) is 0.362. The first-order valence-corrected chi connectivity index (χ1v) is 2.65. The van der Waals surface area contributed by atoms with Crippen molar-refractivity contribution in [3.05, 3.63) is 0 Å². The molecule has 0 rings (SSSR count). The van der Waals surface area contributed by atoms with Crippen LogP contribution in [0.25, 0.3) is 0 Å². The van der Waals surface area contributed by atoms with E-state index in [9.17, 15) is 18.0 Å². The molecule has 0 aromatic heterocycles. The lowest BCUT2D eigenvalue weighted by molar-refractivity contribution is -0.204. The summed E-state index contributed by atoms with van der Waals surface area (Å²) in [6.07, 6.45) is 0. The first kappa shape index (κ1) is 10.2. The molecule has 66 valence electrons. The molecule has 0 saturated heterocycles. The van der Waals surface area contributed by atoms with Gasteiger partial charge in [0.1, 0.15) is 6.67 Å². The Morgan fingerprint density at radius 2 is 1.91 bits per heavy atom. The van der Waals surface area contributed by atoms with E-state index in [0.29, 0.717) is 0 Å². The summed E-state index contributed by atoms with van der Waals surface area (Å²) in [7, 11) is 0. The predicted octanol–water partition coefficient (Wildman–Crippen LogP) is 0.427. The third kappa shape index (κ3) is 1.62. The second-order valence-corrected chi connectivity index (χ2v) is 2.19. The molecule has 6 heteroatoms. The van der Waals surface area contributed by atoms with Crippen LogP contribution in [-0.2, 0) is 4.79 Å². The van der Waals surface area contributed by atoms with Gasteiger partial charge >= 0.3 is 5.97 Å². The molecule has 3 nitrogen and oxygen atoms in total. The molecule has 0 heterocycles. The van der Waals surface area contributed by atoms with E-state index in [4.69, 9.17) is 10.2 Å². The molecule has 0 aromatic carbocycles. The highest BCUT2D eigenvalue weighted by molar-refractivity contribution is 5.78. The van der Waals surface area contributed by atoms with Crippen LogP contribution in [0, 0.1) is 0 Å². The minimum atomic E-state index is -3.99. The van der Waals surface area contributed by atoms with Gasteiger partial charge in [0.15, 0.2) is 0 Å². The molecule has 0 saturated carbocycles.